The van der Waals surface area contributed by atoms with E-state index in [1.165, 1.54) is 17.7 Å². The van der Waals surface area contributed by atoms with Gasteiger partial charge in [0.2, 0.25) is 5.91 Å². The molecule has 1 aromatic heterocycles. The number of amides is 3. The highest BCUT2D eigenvalue weighted by atomic mass is 16.6. The number of benzene rings is 1. The topological polar surface area (TPSA) is 99.9 Å². The van der Waals surface area contributed by atoms with Gasteiger partial charge in [-0.05, 0) is 57.1 Å². The third-order valence-corrected chi connectivity index (χ3v) is 7.20. The molecule has 2 fully saturated rings. The van der Waals surface area contributed by atoms with Gasteiger partial charge in [0.25, 0.3) is 11.8 Å². The Balaban J connectivity index is 1.29. The van der Waals surface area contributed by atoms with E-state index in [1.807, 2.05) is 12.1 Å². The maximum Gasteiger partial charge on any atom is 0.264 e. The van der Waals surface area contributed by atoms with Crippen molar-refractivity contribution in [3.8, 4) is 0 Å². The lowest BCUT2D eigenvalue weighted by Gasteiger charge is -2.36. The van der Waals surface area contributed by atoms with Crippen LogP contribution < -0.4 is 4.90 Å². The maximum absolute atomic E-state index is 13.3. The van der Waals surface area contributed by atoms with E-state index in [4.69, 9.17) is 4.63 Å². The minimum absolute atomic E-state index is 0.0229. The molecule has 3 aliphatic rings. The second-order valence-electron chi connectivity index (χ2n) is 9.68. The minimum Gasteiger partial charge on any atom is -0.371 e. The van der Waals surface area contributed by atoms with Crippen LogP contribution in [0.2, 0.25) is 0 Å². The van der Waals surface area contributed by atoms with Crippen molar-refractivity contribution in [3.63, 3.8) is 0 Å². The third kappa shape index (κ3) is 4.19. The SMILES string of the molecule is CCCN(CC1CC1)C(=O)C1CCN(c2cccc3c2C(=O)N(Cc2nonc2C)C3=O)CC1. The van der Waals surface area contributed by atoms with Gasteiger partial charge in [-0.3, -0.25) is 19.3 Å². The molecule has 180 valence electrons. The van der Waals surface area contributed by atoms with Crippen molar-refractivity contribution in [1.82, 2.24) is 20.1 Å². The molecule has 3 heterocycles. The zero-order chi connectivity index (χ0) is 23.8. The van der Waals surface area contributed by atoms with E-state index in [0.717, 1.165) is 38.0 Å². The van der Waals surface area contributed by atoms with Gasteiger partial charge in [-0.15, -0.1) is 0 Å². The zero-order valence-corrected chi connectivity index (χ0v) is 19.8. The van der Waals surface area contributed by atoms with Gasteiger partial charge in [0.15, 0.2) is 0 Å². The Hall–Kier alpha value is -3.23. The predicted molar refractivity (Wildman–Crippen MR) is 124 cm³/mol. The van der Waals surface area contributed by atoms with Crippen LogP contribution in [0.4, 0.5) is 5.69 Å². The predicted octanol–water partition coefficient (Wildman–Crippen LogP) is 3.04. The Morgan fingerprint density at radius 1 is 1.12 bits per heavy atom. The van der Waals surface area contributed by atoms with Crippen LogP contribution in [0.3, 0.4) is 0 Å². The molecule has 0 unspecified atom stereocenters. The fourth-order valence-corrected chi connectivity index (χ4v) is 5.06. The molecule has 1 aliphatic carbocycles. The number of piperidine rings is 1. The molecule has 9 heteroatoms. The van der Waals surface area contributed by atoms with Crippen LogP contribution in [0.15, 0.2) is 22.8 Å². The molecule has 1 aromatic carbocycles. The standard InChI is InChI=1S/C25H31N5O4/c1-3-11-29(14-17-7-8-17)23(31)18-9-12-28(13-10-18)21-6-4-5-19-22(21)25(33)30(24(19)32)15-20-16(2)26-34-27-20/h4-6,17-18H,3,7-15H2,1-2H3. The smallest absolute Gasteiger partial charge is 0.264 e. The van der Waals surface area contributed by atoms with Gasteiger partial charge in [-0.1, -0.05) is 23.3 Å². The zero-order valence-electron chi connectivity index (χ0n) is 19.8. The van der Waals surface area contributed by atoms with Crippen molar-refractivity contribution in [2.24, 2.45) is 11.8 Å². The molecule has 0 spiro atoms. The number of carbonyl (C=O) groups excluding carboxylic acids is 3. The quantitative estimate of drug-likeness (QED) is 0.553. The summed E-state index contributed by atoms with van der Waals surface area (Å²) >= 11 is 0. The average Bonchev–Trinajstić information content (AvgIpc) is 3.53. The number of hydrogen-bond acceptors (Lipinski definition) is 7. The number of aromatic nitrogens is 2. The van der Waals surface area contributed by atoms with Crippen LogP contribution in [-0.4, -0.2) is 64.0 Å². The van der Waals surface area contributed by atoms with Crippen molar-refractivity contribution in [2.45, 2.75) is 52.5 Å². The minimum atomic E-state index is -0.329. The van der Waals surface area contributed by atoms with Crippen molar-refractivity contribution < 1.29 is 19.0 Å². The van der Waals surface area contributed by atoms with E-state index in [0.29, 0.717) is 41.5 Å². The molecule has 1 saturated heterocycles. The summed E-state index contributed by atoms with van der Waals surface area (Å²) in [6.45, 7) is 6.97. The molecular weight excluding hydrogens is 434 g/mol. The van der Waals surface area contributed by atoms with Gasteiger partial charge < -0.3 is 9.80 Å². The van der Waals surface area contributed by atoms with Crippen LogP contribution in [0.1, 0.15) is 71.1 Å². The van der Waals surface area contributed by atoms with E-state index >= 15 is 0 Å². The summed E-state index contributed by atoms with van der Waals surface area (Å²) in [5, 5.41) is 7.56. The number of imide groups is 1. The summed E-state index contributed by atoms with van der Waals surface area (Å²) in [4.78, 5) is 44.9. The second kappa shape index (κ2) is 9.19. The molecule has 2 aliphatic heterocycles. The van der Waals surface area contributed by atoms with E-state index in [1.54, 1.807) is 13.0 Å². The molecule has 9 nitrogen and oxygen atoms in total. The van der Waals surface area contributed by atoms with Gasteiger partial charge in [-0.25, -0.2) is 4.63 Å². The highest BCUT2D eigenvalue weighted by Crippen LogP contribution is 2.35. The van der Waals surface area contributed by atoms with Crippen LogP contribution in [0.5, 0.6) is 0 Å². The Morgan fingerprint density at radius 3 is 2.53 bits per heavy atom. The molecule has 2 aromatic rings. The second-order valence-corrected chi connectivity index (χ2v) is 9.68. The number of anilines is 1. The molecule has 1 saturated carbocycles. The molecule has 0 N–H and O–H groups in total. The largest absolute Gasteiger partial charge is 0.371 e. The van der Waals surface area contributed by atoms with Crippen molar-refractivity contribution in [2.75, 3.05) is 31.1 Å². The van der Waals surface area contributed by atoms with E-state index in [9.17, 15) is 14.4 Å². The van der Waals surface area contributed by atoms with E-state index in [-0.39, 0.29) is 30.2 Å². The van der Waals surface area contributed by atoms with Gasteiger partial charge in [0.05, 0.1) is 23.4 Å². The molecule has 0 atom stereocenters. The lowest BCUT2D eigenvalue weighted by Crippen LogP contribution is -2.44. The van der Waals surface area contributed by atoms with Crippen molar-refractivity contribution in [3.05, 3.63) is 40.7 Å². The van der Waals surface area contributed by atoms with Crippen molar-refractivity contribution >= 4 is 23.4 Å². The van der Waals surface area contributed by atoms with Gasteiger partial charge in [0, 0.05) is 32.1 Å². The number of nitrogens with zero attached hydrogens (tertiary/aromatic N) is 5. The third-order valence-electron chi connectivity index (χ3n) is 7.20. The van der Waals surface area contributed by atoms with Crippen LogP contribution >= 0.6 is 0 Å². The first-order chi connectivity index (χ1) is 16.5. The number of hydrogen-bond donors (Lipinski definition) is 0. The van der Waals surface area contributed by atoms with Gasteiger partial charge in [0.1, 0.15) is 11.4 Å². The number of aryl methyl sites for hydroxylation is 1. The summed E-state index contributed by atoms with van der Waals surface area (Å²) in [5.41, 5.74) is 2.64. The fourth-order valence-electron chi connectivity index (χ4n) is 5.06. The molecule has 0 bridgehead atoms. The van der Waals surface area contributed by atoms with Gasteiger partial charge >= 0.3 is 0 Å². The Labute approximate surface area is 199 Å². The first kappa shape index (κ1) is 22.6. The summed E-state index contributed by atoms with van der Waals surface area (Å²) in [6, 6.07) is 5.42. The molecule has 3 amide bonds. The van der Waals surface area contributed by atoms with E-state index in [2.05, 4.69) is 27.0 Å². The summed E-state index contributed by atoms with van der Waals surface area (Å²) < 4.78 is 4.72. The monoisotopic (exact) mass is 465 g/mol. The van der Waals surface area contributed by atoms with E-state index < -0.39 is 0 Å². The maximum atomic E-state index is 13.3. The first-order valence-corrected chi connectivity index (χ1v) is 12.3. The lowest BCUT2D eigenvalue weighted by atomic mass is 9.93. The summed E-state index contributed by atoms with van der Waals surface area (Å²) in [5.74, 6) is 0.334. The summed E-state index contributed by atoms with van der Waals surface area (Å²) in [7, 11) is 0. The lowest BCUT2D eigenvalue weighted by molar-refractivity contribution is -0.136. The first-order valence-electron chi connectivity index (χ1n) is 12.3. The highest BCUT2D eigenvalue weighted by molar-refractivity contribution is 6.23. The highest BCUT2D eigenvalue weighted by Gasteiger charge is 2.40. The average molecular weight is 466 g/mol. The molecule has 5 rings (SSSR count). The molecule has 34 heavy (non-hydrogen) atoms. The van der Waals surface area contributed by atoms with Crippen LogP contribution in [0.25, 0.3) is 0 Å². The number of rotatable bonds is 8. The fraction of sp³-hybridized carbons (Fsp3) is 0.560. The van der Waals surface area contributed by atoms with Crippen LogP contribution in [0, 0.1) is 18.8 Å². The Kier molecular flexibility index (Phi) is 6.10. The Morgan fingerprint density at radius 2 is 1.88 bits per heavy atom. The van der Waals surface area contributed by atoms with Crippen molar-refractivity contribution in [1.29, 1.82) is 0 Å². The molecular formula is C25H31N5O4. The number of carbonyl (C=O) groups is 3. The van der Waals surface area contributed by atoms with Gasteiger partial charge in [-0.2, -0.15) is 0 Å². The number of fused-ring (bicyclic) bond motifs is 1. The molecule has 0 radical (unpaired) electrons. The normalized spacial score (nSPS) is 18.5. The Bertz CT molecular complexity index is 1100. The summed E-state index contributed by atoms with van der Waals surface area (Å²) in [6.07, 6.45) is 4.96. The van der Waals surface area contributed by atoms with Crippen LogP contribution in [-0.2, 0) is 11.3 Å².